The zero-order chi connectivity index (χ0) is 18.6. The number of rotatable bonds is 5. The first-order valence-electron chi connectivity index (χ1n) is 8.83. The Hall–Kier alpha value is -2.49. The van der Waals surface area contributed by atoms with E-state index in [0.717, 1.165) is 41.2 Å². The average Bonchev–Trinajstić information content (AvgIpc) is 3.36. The molecule has 0 atom stereocenters. The van der Waals surface area contributed by atoms with Crippen molar-refractivity contribution >= 4 is 29.3 Å². The Morgan fingerprint density at radius 1 is 1.07 bits per heavy atom. The van der Waals surface area contributed by atoms with Gasteiger partial charge >= 0.3 is 0 Å². The van der Waals surface area contributed by atoms with Crippen LogP contribution in [0, 0.1) is 11.3 Å². The van der Waals surface area contributed by atoms with Gasteiger partial charge in [-0.2, -0.15) is 5.26 Å². The lowest BCUT2D eigenvalue weighted by molar-refractivity contribution is 0.841. The van der Waals surface area contributed by atoms with Crippen molar-refractivity contribution in [1.82, 2.24) is 14.8 Å². The molecule has 7 heteroatoms. The van der Waals surface area contributed by atoms with Crippen LogP contribution in [0.25, 0.3) is 5.69 Å². The average molecular weight is 396 g/mol. The number of halogens is 1. The number of hydrogen-bond acceptors (Lipinski definition) is 5. The Labute approximate surface area is 167 Å². The van der Waals surface area contributed by atoms with Crippen LogP contribution in [-0.4, -0.2) is 27.9 Å². The van der Waals surface area contributed by atoms with Crippen LogP contribution < -0.4 is 4.90 Å². The van der Waals surface area contributed by atoms with Gasteiger partial charge in [0, 0.05) is 23.9 Å². The van der Waals surface area contributed by atoms with Gasteiger partial charge in [0.1, 0.15) is 0 Å². The molecule has 0 spiro atoms. The second-order valence-corrected chi connectivity index (χ2v) is 7.77. The van der Waals surface area contributed by atoms with E-state index in [2.05, 4.69) is 25.7 Å². The molecule has 0 saturated carbocycles. The van der Waals surface area contributed by atoms with Crippen LogP contribution in [0.4, 0.5) is 5.95 Å². The summed E-state index contributed by atoms with van der Waals surface area (Å²) in [5, 5.41) is 19.4. The molecule has 1 aliphatic heterocycles. The number of nitrogens with zero attached hydrogens (tertiary/aromatic N) is 5. The standard InChI is InChI=1S/C20H18ClN5S/c21-17-4-3-5-18(12-17)26-19(25-10-1-2-11-25)23-24-20(26)27-14-16-8-6-15(13-22)7-9-16/h3-9,12H,1-2,10-11,14H2. The molecule has 1 saturated heterocycles. The third-order valence-electron chi connectivity index (χ3n) is 4.52. The summed E-state index contributed by atoms with van der Waals surface area (Å²) >= 11 is 7.86. The summed E-state index contributed by atoms with van der Waals surface area (Å²) in [6.45, 7) is 2.00. The summed E-state index contributed by atoms with van der Waals surface area (Å²) in [6.07, 6.45) is 2.35. The number of hydrogen-bond donors (Lipinski definition) is 0. The summed E-state index contributed by atoms with van der Waals surface area (Å²) in [5.74, 6) is 1.63. The molecule has 0 N–H and O–H groups in total. The van der Waals surface area contributed by atoms with Crippen LogP contribution in [-0.2, 0) is 5.75 Å². The van der Waals surface area contributed by atoms with E-state index in [1.54, 1.807) is 11.8 Å². The predicted octanol–water partition coefficient (Wildman–Crippen LogP) is 4.68. The highest BCUT2D eigenvalue weighted by Crippen LogP contribution is 2.31. The van der Waals surface area contributed by atoms with E-state index in [1.165, 1.54) is 12.8 Å². The molecule has 1 fully saturated rings. The van der Waals surface area contributed by atoms with Crippen molar-refractivity contribution in [1.29, 1.82) is 5.26 Å². The normalized spacial score (nSPS) is 13.7. The van der Waals surface area contributed by atoms with E-state index in [9.17, 15) is 0 Å². The molecule has 0 bridgehead atoms. The van der Waals surface area contributed by atoms with E-state index in [4.69, 9.17) is 16.9 Å². The van der Waals surface area contributed by atoms with Gasteiger partial charge in [-0.15, -0.1) is 10.2 Å². The SMILES string of the molecule is N#Cc1ccc(CSc2nnc(N3CCCC3)n2-c2cccc(Cl)c2)cc1. The zero-order valence-electron chi connectivity index (χ0n) is 14.7. The number of anilines is 1. The van der Waals surface area contributed by atoms with Crippen LogP contribution in [0.1, 0.15) is 24.0 Å². The minimum atomic E-state index is 0.669. The van der Waals surface area contributed by atoms with Crippen LogP contribution in [0.3, 0.4) is 0 Å². The van der Waals surface area contributed by atoms with Gasteiger partial charge in [0.05, 0.1) is 17.3 Å². The lowest BCUT2D eigenvalue weighted by Gasteiger charge is -2.18. The molecule has 1 aliphatic rings. The monoisotopic (exact) mass is 395 g/mol. The third kappa shape index (κ3) is 3.95. The van der Waals surface area contributed by atoms with Gasteiger partial charge in [0.15, 0.2) is 5.16 Å². The van der Waals surface area contributed by atoms with Gasteiger partial charge in [-0.25, -0.2) is 0 Å². The Kier molecular flexibility index (Phi) is 5.33. The molecule has 4 rings (SSSR count). The minimum absolute atomic E-state index is 0.669. The van der Waals surface area contributed by atoms with Crippen molar-refractivity contribution in [2.75, 3.05) is 18.0 Å². The zero-order valence-corrected chi connectivity index (χ0v) is 16.2. The van der Waals surface area contributed by atoms with Crippen molar-refractivity contribution in [2.24, 2.45) is 0 Å². The van der Waals surface area contributed by atoms with Crippen LogP contribution in [0.2, 0.25) is 5.02 Å². The quantitative estimate of drug-likeness (QED) is 0.587. The summed E-state index contributed by atoms with van der Waals surface area (Å²) in [4.78, 5) is 2.28. The van der Waals surface area contributed by atoms with Crippen molar-refractivity contribution in [2.45, 2.75) is 23.8 Å². The fourth-order valence-electron chi connectivity index (χ4n) is 3.14. The van der Waals surface area contributed by atoms with Crippen LogP contribution >= 0.6 is 23.4 Å². The Morgan fingerprint density at radius 3 is 2.56 bits per heavy atom. The highest BCUT2D eigenvalue weighted by molar-refractivity contribution is 7.98. The summed E-state index contributed by atoms with van der Waals surface area (Å²) in [7, 11) is 0. The molecule has 5 nitrogen and oxygen atoms in total. The Balaban J connectivity index is 1.64. The van der Waals surface area contributed by atoms with Crippen molar-refractivity contribution in [3.05, 3.63) is 64.7 Å². The highest BCUT2D eigenvalue weighted by Gasteiger charge is 2.22. The van der Waals surface area contributed by atoms with E-state index < -0.39 is 0 Å². The topological polar surface area (TPSA) is 57.7 Å². The second-order valence-electron chi connectivity index (χ2n) is 6.39. The van der Waals surface area contributed by atoms with Crippen LogP contribution in [0.5, 0.6) is 0 Å². The predicted molar refractivity (Wildman–Crippen MR) is 109 cm³/mol. The number of thioether (sulfide) groups is 1. The van der Waals surface area contributed by atoms with Gasteiger partial charge in [0.2, 0.25) is 5.95 Å². The first kappa shape index (κ1) is 17.9. The van der Waals surface area contributed by atoms with Gasteiger partial charge < -0.3 is 4.90 Å². The Morgan fingerprint density at radius 2 is 1.85 bits per heavy atom. The Bertz CT molecular complexity index is 971. The lowest BCUT2D eigenvalue weighted by Crippen LogP contribution is -2.22. The first-order valence-corrected chi connectivity index (χ1v) is 10.2. The molecule has 136 valence electrons. The van der Waals surface area contributed by atoms with E-state index in [1.807, 2.05) is 48.5 Å². The number of aromatic nitrogens is 3. The fourth-order valence-corrected chi connectivity index (χ4v) is 4.23. The number of nitriles is 1. The first-order chi connectivity index (χ1) is 13.2. The van der Waals surface area contributed by atoms with Gasteiger partial charge in [-0.3, -0.25) is 4.57 Å². The van der Waals surface area contributed by atoms with Gasteiger partial charge in [-0.05, 0) is 48.7 Å². The maximum absolute atomic E-state index is 8.94. The summed E-state index contributed by atoms with van der Waals surface area (Å²) in [6, 6.07) is 17.6. The highest BCUT2D eigenvalue weighted by atomic mass is 35.5. The van der Waals surface area contributed by atoms with Crippen LogP contribution in [0.15, 0.2) is 53.7 Å². The molecular weight excluding hydrogens is 378 g/mol. The van der Waals surface area contributed by atoms with Crippen molar-refractivity contribution in [3.63, 3.8) is 0 Å². The lowest BCUT2D eigenvalue weighted by atomic mass is 10.2. The van der Waals surface area contributed by atoms with E-state index in [-0.39, 0.29) is 0 Å². The third-order valence-corrected chi connectivity index (χ3v) is 5.76. The minimum Gasteiger partial charge on any atom is -0.341 e. The summed E-state index contributed by atoms with van der Waals surface area (Å²) < 4.78 is 2.09. The largest absolute Gasteiger partial charge is 0.341 e. The maximum atomic E-state index is 8.94. The van der Waals surface area contributed by atoms with Gasteiger partial charge in [0.25, 0.3) is 0 Å². The molecule has 27 heavy (non-hydrogen) atoms. The molecule has 0 radical (unpaired) electrons. The van der Waals surface area contributed by atoms with E-state index in [0.29, 0.717) is 10.6 Å². The second kappa shape index (κ2) is 8.03. The number of benzene rings is 2. The molecule has 0 amide bonds. The molecule has 1 aromatic heterocycles. The molecule has 2 heterocycles. The summed E-state index contributed by atoms with van der Waals surface area (Å²) in [5.41, 5.74) is 2.78. The molecule has 3 aromatic rings. The molecular formula is C20H18ClN5S. The van der Waals surface area contributed by atoms with Gasteiger partial charge in [-0.1, -0.05) is 41.6 Å². The van der Waals surface area contributed by atoms with E-state index >= 15 is 0 Å². The fraction of sp³-hybridized carbons (Fsp3) is 0.250. The molecule has 0 aliphatic carbocycles. The molecule has 0 unspecified atom stereocenters. The smallest absolute Gasteiger partial charge is 0.232 e. The van der Waals surface area contributed by atoms with Crippen molar-refractivity contribution in [3.8, 4) is 11.8 Å². The maximum Gasteiger partial charge on any atom is 0.232 e. The molecule has 2 aromatic carbocycles. The van der Waals surface area contributed by atoms with Crippen molar-refractivity contribution < 1.29 is 0 Å².